The van der Waals surface area contributed by atoms with Crippen LogP contribution >= 0.6 is 0 Å². The van der Waals surface area contributed by atoms with Crippen LogP contribution in [0.4, 0.5) is 0 Å². The first kappa shape index (κ1) is 11.2. The van der Waals surface area contributed by atoms with E-state index in [2.05, 4.69) is 24.0 Å². The van der Waals surface area contributed by atoms with Crippen molar-refractivity contribution in [2.75, 3.05) is 6.54 Å². The first-order valence-electron chi connectivity index (χ1n) is 6.17. The van der Waals surface area contributed by atoms with E-state index in [0.29, 0.717) is 5.91 Å². The Kier molecular flexibility index (Phi) is 3.60. The standard InChI is InChI=1S/C14H19NO/c1-2-13(12-8-4-3-5-9-12)15-11-7-6-10-14(15)16/h3-5,8-9,13H,2,6-7,10-11H2,1H3. The van der Waals surface area contributed by atoms with E-state index in [1.807, 2.05) is 18.2 Å². The summed E-state index contributed by atoms with van der Waals surface area (Å²) in [4.78, 5) is 13.9. The predicted octanol–water partition coefficient (Wildman–Crippen LogP) is 3.15. The highest BCUT2D eigenvalue weighted by Gasteiger charge is 2.25. The third-order valence-electron chi connectivity index (χ3n) is 3.31. The molecule has 0 bridgehead atoms. The minimum atomic E-state index is 0.272. The quantitative estimate of drug-likeness (QED) is 0.761. The number of carbonyl (C=O) groups is 1. The lowest BCUT2D eigenvalue weighted by Gasteiger charge is -2.34. The summed E-state index contributed by atoms with van der Waals surface area (Å²) in [6.45, 7) is 3.08. The molecule has 0 radical (unpaired) electrons. The predicted molar refractivity (Wildman–Crippen MR) is 65.0 cm³/mol. The van der Waals surface area contributed by atoms with Crippen molar-refractivity contribution in [2.45, 2.75) is 38.6 Å². The Morgan fingerprint density at radius 3 is 2.62 bits per heavy atom. The van der Waals surface area contributed by atoms with Crippen molar-refractivity contribution in [3.05, 3.63) is 35.9 Å². The highest BCUT2D eigenvalue weighted by Crippen LogP contribution is 2.27. The molecule has 1 saturated heterocycles. The molecular weight excluding hydrogens is 198 g/mol. The average molecular weight is 217 g/mol. The second kappa shape index (κ2) is 5.15. The Labute approximate surface area is 97.3 Å². The number of hydrogen-bond donors (Lipinski definition) is 0. The van der Waals surface area contributed by atoms with E-state index in [1.54, 1.807) is 0 Å². The van der Waals surface area contributed by atoms with Crippen LogP contribution in [0.15, 0.2) is 30.3 Å². The lowest BCUT2D eigenvalue weighted by molar-refractivity contribution is -0.136. The minimum absolute atomic E-state index is 0.272. The smallest absolute Gasteiger partial charge is 0.223 e. The SMILES string of the molecule is CCC(c1ccccc1)N1CCCCC1=O. The maximum atomic E-state index is 11.9. The van der Waals surface area contributed by atoms with Crippen LogP contribution in [-0.4, -0.2) is 17.4 Å². The largest absolute Gasteiger partial charge is 0.336 e. The highest BCUT2D eigenvalue weighted by atomic mass is 16.2. The van der Waals surface area contributed by atoms with Crippen LogP contribution in [0, 0.1) is 0 Å². The van der Waals surface area contributed by atoms with Crippen LogP contribution in [0.2, 0.25) is 0 Å². The van der Waals surface area contributed by atoms with Gasteiger partial charge in [-0.1, -0.05) is 37.3 Å². The molecule has 0 spiro atoms. The highest BCUT2D eigenvalue weighted by molar-refractivity contribution is 5.77. The summed E-state index contributed by atoms with van der Waals surface area (Å²) >= 11 is 0. The van der Waals surface area contributed by atoms with Gasteiger partial charge in [0.05, 0.1) is 6.04 Å². The summed E-state index contributed by atoms with van der Waals surface area (Å²) in [6.07, 6.45) is 3.93. The fourth-order valence-corrected chi connectivity index (χ4v) is 2.47. The number of amides is 1. The summed E-state index contributed by atoms with van der Waals surface area (Å²) in [5.74, 6) is 0.321. The molecule has 0 N–H and O–H groups in total. The fraction of sp³-hybridized carbons (Fsp3) is 0.500. The van der Waals surface area contributed by atoms with Gasteiger partial charge in [-0.3, -0.25) is 4.79 Å². The molecule has 1 aromatic carbocycles. The summed E-state index contributed by atoms with van der Waals surface area (Å²) < 4.78 is 0. The van der Waals surface area contributed by atoms with Gasteiger partial charge in [0, 0.05) is 13.0 Å². The van der Waals surface area contributed by atoms with Gasteiger partial charge in [0.15, 0.2) is 0 Å². The first-order chi connectivity index (χ1) is 7.83. The minimum Gasteiger partial charge on any atom is -0.336 e. The van der Waals surface area contributed by atoms with Gasteiger partial charge in [0.2, 0.25) is 5.91 Å². The van der Waals surface area contributed by atoms with Crippen LogP contribution in [0.25, 0.3) is 0 Å². The van der Waals surface area contributed by atoms with Crippen molar-refractivity contribution in [3.63, 3.8) is 0 Å². The molecule has 86 valence electrons. The molecule has 1 aromatic rings. The van der Waals surface area contributed by atoms with Gasteiger partial charge in [0.25, 0.3) is 0 Å². The van der Waals surface area contributed by atoms with Crippen molar-refractivity contribution in [3.8, 4) is 0 Å². The van der Waals surface area contributed by atoms with E-state index < -0.39 is 0 Å². The number of carbonyl (C=O) groups excluding carboxylic acids is 1. The molecule has 1 aliphatic heterocycles. The number of likely N-dealkylation sites (tertiary alicyclic amines) is 1. The van der Waals surface area contributed by atoms with Crippen LogP contribution in [-0.2, 0) is 4.79 Å². The Morgan fingerprint density at radius 1 is 1.25 bits per heavy atom. The van der Waals surface area contributed by atoms with E-state index in [0.717, 1.165) is 32.2 Å². The van der Waals surface area contributed by atoms with Crippen LogP contribution < -0.4 is 0 Å². The zero-order valence-electron chi connectivity index (χ0n) is 9.86. The molecule has 2 nitrogen and oxygen atoms in total. The summed E-state index contributed by atoms with van der Waals surface area (Å²) in [5.41, 5.74) is 1.26. The lowest BCUT2D eigenvalue weighted by atomic mass is 9.99. The van der Waals surface area contributed by atoms with Crippen molar-refractivity contribution in [1.29, 1.82) is 0 Å². The number of rotatable bonds is 3. The zero-order valence-corrected chi connectivity index (χ0v) is 9.86. The van der Waals surface area contributed by atoms with E-state index in [1.165, 1.54) is 5.56 Å². The lowest BCUT2D eigenvalue weighted by Crippen LogP contribution is -2.38. The molecule has 1 unspecified atom stereocenters. The average Bonchev–Trinajstić information content (AvgIpc) is 2.34. The van der Waals surface area contributed by atoms with Gasteiger partial charge >= 0.3 is 0 Å². The molecule has 1 heterocycles. The Balaban J connectivity index is 2.18. The summed E-state index contributed by atoms with van der Waals surface area (Å²) in [7, 11) is 0. The Hall–Kier alpha value is -1.31. The molecule has 1 amide bonds. The van der Waals surface area contributed by atoms with E-state index in [9.17, 15) is 4.79 Å². The van der Waals surface area contributed by atoms with E-state index in [-0.39, 0.29) is 6.04 Å². The van der Waals surface area contributed by atoms with Crippen LogP contribution in [0.5, 0.6) is 0 Å². The Morgan fingerprint density at radius 2 is 2.00 bits per heavy atom. The normalized spacial score (nSPS) is 18.6. The number of nitrogens with zero attached hydrogens (tertiary/aromatic N) is 1. The molecule has 1 aliphatic rings. The van der Waals surface area contributed by atoms with Crippen LogP contribution in [0.3, 0.4) is 0 Å². The zero-order chi connectivity index (χ0) is 11.4. The van der Waals surface area contributed by atoms with Gasteiger partial charge in [-0.25, -0.2) is 0 Å². The molecule has 2 rings (SSSR count). The maximum Gasteiger partial charge on any atom is 0.223 e. The Bertz CT molecular complexity index is 347. The second-order valence-corrected chi connectivity index (χ2v) is 4.38. The number of hydrogen-bond acceptors (Lipinski definition) is 1. The van der Waals surface area contributed by atoms with Gasteiger partial charge in [-0.2, -0.15) is 0 Å². The van der Waals surface area contributed by atoms with Gasteiger partial charge in [-0.05, 0) is 24.8 Å². The van der Waals surface area contributed by atoms with Gasteiger partial charge in [-0.15, -0.1) is 0 Å². The second-order valence-electron chi connectivity index (χ2n) is 4.38. The fourth-order valence-electron chi connectivity index (χ4n) is 2.47. The van der Waals surface area contributed by atoms with Crippen molar-refractivity contribution < 1.29 is 4.79 Å². The molecule has 1 atom stereocenters. The first-order valence-corrected chi connectivity index (χ1v) is 6.17. The molecule has 0 aromatic heterocycles. The topological polar surface area (TPSA) is 20.3 Å². The third-order valence-corrected chi connectivity index (χ3v) is 3.31. The summed E-state index contributed by atoms with van der Waals surface area (Å²) in [5, 5.41) is 0. The molecule has 0 saturated carbocycles. The van der Waals surface area contributed by atoms with E-state index >= 15 is 0 Å². The molecule has 1 fully saturated rings. The third kappa shape index (κ3) is 2.26. The molecule has 2 heteroatoms. The monoisotopic (exact) mass is 217 g/mol. The summed E-state index contributed by atoms with van der Waals surface area (Å²) in [6, 6.07) is 10.6. The van der Waals surface area contributed by atoms with Gasteiger partial charge < -0.3 is 4.90 Å². The van der Waals surface area contributed by atoms with E-state index in [4.69, 9.17) is 0 Å². The molecule has 0 aliphatic carbocycles. The maximum absolute atomic E-state index is 11.9. The number of benzene rings is 1. The number of piperidine rings is 1. The van der Waals surface area contributed by atoms with Crippen molar-refractivity contribution >= 4 is 5.91 Å². The van der Waals surface area contributed by atoms with Gasteiger partial charge in [0.1, 0.15) is 0 Å². The molecule has 16 heavy (non-hydrogen) atoms. The van der Waals surface area contributed by atoms with Crippen LogP contribution in [0.1, 0.15) is 44.2 Å². The van der Waals surface area contributed by atoms with Crippen molar-refractivity contribution in [2.24, 2.45) is 0 Å². The molecular formula is C14H19NO. The van der Waals surface area contributed by atoms with Crippen molar-refractivity contribution in [1.82, 2.24) is 4.90 Å².